The highest BCUT2D eigenvalue weighted by atomic mass is 35.5. The Labute approximate surface area is 174 Å². The van der Waals surface area contributed by atoms with E-state index in [9.17, 15) is 4.79 Å². The maximum atomic E-state index is 12.9. The van der Waals surface area contributed by atoms with Crippen LogP contribution >= 0.6 is 24.8 Å². The lowest BCUT2D eigenvalue weighted by molar-refractivity contribution is 0.0689. The van der Waals surface area contributed by atoms with Crippen LogP contribution in [0.4, 0.5) is 0 Å². The SMILES string of the molecule is CCNCC1CCN(C(=O)c2ccc(-c3ccccc3)nc2C)CC1.Cl.Cl. The number of aromatic nitrogens is 1. The summed E-state index contributed by atoms with van der Waals surface area (Å²) in [5, 5.41) is 3.41. The van der Waals surface area contributed by atoms with Gasteiger partial charge in [0, 0.05) is 18.7 Å². The van der Waals surface area contributed by atoms with E-state index < -0.39 is 0 Å². The van der Waals surface area contributed by atoms with E-state index >= 15 is 0 Å². The average Bonchev–Trinajstić information content (AvgIpc) is 2.67. The molecular formula is C21H29Cl2N3O. The first kappa shape index (κ1) is 23.4. The molecular weight excluding hydrogens is 381 g/mol. The van der Waals surface area contributed by atoms with Crippen molar-refractivity contribution in [3.63, 3.8) is 0 Å². The highest BCUT2D eigenvalue weighted by Crippen LogP contribution is 2.22. The minimum atomic E-state index is 0. The molecule has 3 rings (SSSR count). The van der Waals surface area contributed by atoms with Crippen molar-refractivity contribution in [3.05, 3.63) is 53.7 Å². The fourth-order valence-corrected chi connectivity index (χ4v) is 3.42. The maximum Gasteiger partial charge on any atom is 0.255 e. The van der Waals surface area contributed by atoms with Crippen LogP contribution in [0.2, 0.25) is 0 Å². The Morgan fingerprint density at radius 3 is 2.37 bits per heavy atom. The molecule has 1 aliphatic heterocycles. The van der Waals surface area contributed by atoms with E-state index in [2.05, 4.69) is 17.2 Å². The maximum absolute atomic E-state index is 12.9. The number of hydrogen-bond acceptors (Lipinski definition) is 3. The van der Waals surface area contributed by atoms with Crippen LogP contribution in [0.1, 0.15) is 35.8 Å². The molecule has 0 bridgehead atoms. The first-order valence-corrected chi connectivity index (χ1v) is 9.22. The van der Waals surface area contributed by atoms with Gasteiger partial charge in [0.15, 0.2) is 0 Å². The second kappa shape index (κ2) is 11.3. The van der Waals surface area contributed by atoms with E-state index in [1.807, 2.05) is 54.3 Å². The largest absolute Gasteiger partial charge is 0.339 e. The highest BCUT2D eigenvalue weighted by molar-refractivity contribution is 5.95. The van der Waals surface area contributed by atoms with Crippen molar-refractivity contribution in [2.75, 3.05) is 26.2 Å². The summed E-state index contributed by atoms with van der Waals surface area (Å²) in [7, 11) is 0. The number of nitrogens with zero attached hydrogens (tertiary/aromatic N) is 2. The van der Waals surface area contributed by atoms with Crippen molar-refractivity contribution in [3.8, 4) is 11.3 Å². The monoisotopic (exact) mass is 409 g/mol. The third-order valence-electron chi connectivity index (χ3n) is 4.97. The van der Waals surface area contributed by atoms with Crippen molar-refractivity contribution in [2.24, 2.45) is 5.92 Å². The summed E-state index contributed by atoms with van der Waals surface area (Å²) < 4.78 is 0. The first-order chi connectivity index (χ1) is 12.2. The molecule has 0 saturated carbocycles. The van der Waals surface area contributed by atoms with E-state index in [-0.39, 0.29) is 30.7 Å². The molecule has 2 heterocycles. The van der Waals surface area contributed by atoms with Gasteiger partial charge in [-0.2, -0.15) is 0 Å². The Morgan fingerprint density at radius 2 is 1.78 bits per heavy atom. The van der Waals surface area contributed by atoms with Crippen LogP contribution in [0.25, 0.3) is 11.3 Å². The van der Waals surface area contributed by atoms with E-state index in [0.29, 0.717) is 5.92 Å². The summed E-state index contributed by atoms with van der Waals surface area (Å²) in [6.07, 6.45) is 2.15. The first-order valence-electron chi connectivity index (χ1n) is 9.22. The molecule has 1 aromatic heterocycles. The summed E-state index contributed by atoms with van der Waals surface area (Å²) in [6, 6.07) is 14.0. The van der Waals surface area contributed by atoms with Gasteiger partial charge in [0.05, 0.1) is 17.0 Å². The molecule has 0 atom stereocenters. The molecule has 0 spiro atoms. The van der Waals surface area contributed by atoms with Gasteiger partial charge < -0.3 is 10.2 Å². The lowest BCUT2D eigenvalue weighted by Gasteiger charge is -2.32. The van der Waals surface area contributed by atoms with Crippen LogP contribution in [0.15, 0.2) is 42.5 Å². The summed E-state index contributed by atoms with van der Waals surface area (Å²) in [5.74, 6) is 0.801. The topological polar surface area (TPSA) is 45.2 Å². The number of rotatable bonds is 5. The number of nitrogens with one attached hydrogen (secondary N) is 1. The Balaban J connectivity index is 0.00000182. The van der Waals surface area contributed by atoms with Gasteiger partial charge in [0.1, 0.15) is 0 Å². The van der Waals surface area contributed by atoms with E-state index in [0.717, 1.165) is 61.5 Å². The molecule has 0 radical (unpaired) electrons. The summed E-state index contributed by atoms with van der Waals surface area (Å²) in [5.41, 5.74) is 3.53. The molecule has 2 aromatic rings. The third kappa shape index (κ3) is 5.93. The zero-order valence-electron chi connectivity index (χ0n) is 16.0. The molecule has 1 fully saturated rings. The summed E-state index contributed by atoms with van der Waals surface area (Å²) in [4.78, 5) is 19.5. The van der Waals surface area contributed by atoms with Gasteiger partial charge in [-0.3, -0.25) is 9.78 Å². The fraction of sp³-hybridized carbons (Fsp3) is 0.429. The Bertz CT molecular complexity index is 717. The zero-order chi connectivity index (χ0) is 17.6. The molecule has 0 aliphatic carbocycles. The van der Waals surface area contributed by atoms with Crippen LogP contribution in [0.5, 0.6) is 0 Å². The predicted molar refractivity (Wildman–Crippen MR) is 116 cm³/mol. The van der Waals surface area contributed by atoms with Crippen LogP contribution in [-0.4, -0.2) is 42.0 Å². The second-order valence-electron chi connectivity index (χ2n) is 6.74. The summed E-state index contributed by atoms with van der Waals surface area (Å²) in [6.45, 7) is 7.82. The second-order valence-corrected chi connectivity index (χ2v) is 6.74. The van der Waals surface area contributed by atoms with Crippen molar-refractivity contribution in [1.29, 1.82) is 0 Å². The number of aryl methyl sites for hydroxylation is 1. The Morgan fingerprint density at radius 1 is 1.11 bits per heavy atom. The molecule has 1 N–H and O–H groups in total. The Kier molecular flexibility index (Phi) is 9.78. The molecule has 1 saturated heterocycles. The Hall–Kier alpha value is -1.62. The quantitative estimate of drug-likeness (QED) is 0.797. The number of piperidine rings is 1. The number of benzene rings is 1. The summed E-state index contributed by atoms with van der Waals surface area (Å²) >= 11 is 0. The average molecular weight is 410 g/mol. The van der Waals surface area contributed by atoms with Crippen LogP contribution in [-0.2, 0) is 0 Å². The molecule has 4 nitrogen and oxygen atoms in total. The number of hydrogen-bond donors (Lipinski definition) is 1. The molecule has 0 unspecified atom stereocenters. The van der Waals surface area contributed by atoms with E-state index in [4.69, 9.17) is 0 Å². The molecule has 148 valence electrons. The van der Waals surface area contributed by atoms with Gasteiger partial charge in [-0.25, -0.2) is 0 Å². The van der Waals surface area contributed by atoms with Crippen molar-refractivity contribution < 1.29 is 4.79 Å². The number of likely N-dealkylation sites (tertiary alicyclic amines) is 1. The van der Waals surface area contributed by atoms with Crippen LogP contribution < -0.4 is 5.32 Å². The lowest BCUT2D eigenvalue weighted by Crippen LogP contribution is -2.41. The fourth-order valence-electron chi connectivity index (χ4n) is 3.42. The molecule has 1 aliphatic rings. The number of amides is 1. The van der Waals surface area contributed by atoms with Crippen LogP contribution in [0, 0.1) is 12.8 Å². The van der Waals surface area contributed by atoms with Gasteiger partial charge in [0.2, 0.25) is 0 Å². The highest BCUT2D eigenvalue weighted by Gasteiger charge is 2.24. The van der Waals surface area contributed by atoms with Crippen molar-refractivity contribution in [2.45, 2.75) is 26.7 Å². The van der Waals surface area contributed by atoms with Crippen LogP contribution in [0.3, 0.4) is 0 Å². The number of carbonyl (C=O) groups excluding carboxylic acids is 1. The van der Waals surface area contributed by atoms with Gasteiger partial charge in [-0.15, -0.1) is 24.8 Å². The predicted octanol–water partition coefficient (Wildman–Crippen LogP) is 4.36. The number of halogens is 2. The van der Waals surface area contributed by atoms with Gasteiger partial charge in [-0.1, -0.05) is 37.3 Å². The number of carbonyl (C=O) groups is 1. The molecule has 27 heavy (non-hydrogen) atoms. The molecule has 1 aromatic carbocycles. The standard InChI is InChI=1S/C21H27N3O.2ClH/c1-3-22-15-17-11-13-24(14-12-17)21(25)19-9-10-20(23-16(19)2)18-7-5-4-6-8-18;;/h4-10,17,22H,3,11-15H2,1-2H3;2*1H. The van der Waals surface area contributed by atoms with Crippen molar-refractivity contribution in [1.82, 2.24) is 15.2 Å². The molecule has 1 amide bonds. The number of pyridine rings is 1. The van der Waals surface area contributed by atoms with E-state index in [1.165, 1.54) is 0 Å². The van der Waals surface area contributed by atoms with Gasteiger partial charge in [0.25, 0.3) is 5.91 Å². The zero-order valence-corrected chi connectivity index (χ0v) is 17.6. The third-order valence-corrected chi connectivity index (χ3v) is 4.97. The minimum Gasteiger partial charge on any atom is -0.339 e. The normalized spacial score (nSPS) is 14.2. The minimum absolute atomic E-state index is 0. The van der Waals surface area contributed by atoms with Gasteiger partial charge in [-0.05, 0) is 50.9 Å². The van der Waals surface area contributed by atoms with Gasteiger partial charge >= 0.3 is 0 Å². The smallest absolute Gasteiger partial charge is 0.255 e. The van der Waals surface area contributed by atoms with Crippen molar-refractivity contribution >= 4 is 30.7 Å². The lowest BCUT2D eigenvalue weighted by atomic mass is 9.96. The molecule has 6 heteroatoms. The van der Waals surface area contributed by atoms with E-state index in [1.54, 1.807) is 0 Å².